The van der Waals surface area contributed by atoms with Crippen molar-refractivity contribution in [1.82, 2.24) is 10.6 Å². The van der Waals surface area contributed by atoms with Gasteiger partial charge in [-0.3, -0.25) is 4.79 Å². The molecule has 0 aromatic heterocycles. The number of hydrogen-bond donors (Lipinski definition) is 2. The van der Waals surface area contributed by atoms with E-state index < -0.39 is 53.0 Å². The summed E-state index contributed by atoms with van der Waals surface area (Å²) < 4.78 is 16.8. The summed E-state index contributed by atoms with van der Waals surface area (Å²) in [5, 5.41) is 5.32. The molecular weight excluding hydrogens is 424 g/mol. The van der Waals surface area contributed by atoms with Crippen molar-refractivity contribution in [2.24, 2.45) is 0 Å². The Hall–Kier alpha value is -2.61. The molecule has 0 fully saturated rings. The highest BCUT2D eigenvalue weighted by Gasteiger charge is 2.36. The first-order valence-electron chi connectivity index (χ1n) is 11.1. The molecule has 1 unspecified atom stereocenters. The van der Waals surface area contributed by atoms with Crippen molar-refractivity contribution >= 4 is 18.0 Å². The highest BCUT2D eigenvalue weighted by atomic mass is 16.6. The fourth-order valence-corrected chi connectivity index (χ4v) is 2.97. The third kappa shape index (κ3) is 11.2. The number of carbonyl (C=O) groups is 3. The number of carbonyl (C=O) groups excluding carboxylic acids is 3. The van der Waals surface area contributed by atoms with Gasteiger partial charge >= 0.3 is 12.1 Å². The second-order valence-corrected chi connectivity index (χ2v) is 10.9. The molecule has 8 heteroatoms. The number of rotatable bonds is 7. The lowest BCUT2D eigenvalue weighted by atomic mass is 10.0. The van der Waals surface area contributed by atoms with Crippen molar-refractivity contribution < 1.29 is 28.6 Å². The summed E-state index contributed by atoms with van der Waals surface area (Å²) in [5.41, 5.74) is -1.52. The maximum Gasteiger partial charge on any atom is 0.408 e. The van der Waals surface area contributed by atoms with Crippen LogP contribution in [0.15, 0.2) is 30.3 Å². The largest absolute Gasteiger partial charge is 0.458 e. The molecular formula is C25H40N2O6. The van der Waals surface area contributed by atoms with E-state index in [1.54, 1.807) is 78.8 Å². The molecule has 0 radical (unpaired) electrons. The zero-order valence-electron chi connectivity index (χ0n) is 21.6. The number of benzene rings is 1. The molecule has 0 heterocycles. The zero-order valence-corrected chi connectivity index (χ0v) is 21.6. The van der Waals surface area contributed by atoms with Crippen LogP contribution in [0.25, 0.3) is 0 Å². The molecule has 33 heavy (non-hydrogen) atoms. The highest BCUT2D eigenvalue weighted by Crippen LogP contribution is 2.19. The summed E-state index contributed by atoms with van der Waals surface area (Å²) in [4.78, 5) is 38.8. The van der Waals surface area contributed by atoms with Crippen LogP contribution in [0, 0.1) is 0 Å². The molecule has 1 aromatic carbocycles. The van der Waals surface area contributed by atoms with Crippen molar-refractivity contribution in [3.63, 3.8) is 0 Å². The third-order valence-corrected chi connectivity index (χ3v) is 4.02. The molecule has 186 valence electrons. The molecule has 0 aliphatic carbocycles. The smallest absolute Gasteiger partial charge is 0.408 e. The minimum Gasteiger partial charge on any atom is -0.458 e. The van der Waals surface area contributed by atoms with Gasteiger partial charge in [-0.2, -0.15) is 0 Å². The Balaban J connectivity index is 3.22. The summed E-state index contributed by atoms with van der Waals surface area (Å²) in [6.07, 6.45) is -1.44. The van der Waals surface area contributed by atoms with E-state index in [0.29, 0.717) is 5.56 Å². The van der Waals surface area contributed by atoms with Crippen molar-refractivity contribution in [2.45, 2.75) is 104 Å². The first kappa shape index (κ1) is 28.4. The lowest BCUT2D eigenvalue weighted by Gasteiger charge is -2.33. The zero-order chi connectivity index (χ0) is 25.6. The Bertz CT molecular complexity index is 803. The number of esters is 1. The van der Waals surface area contributed by atoms with E-state index in [1.807, 2.05) is 20.8 Å². The molecule has 0 aliphatic heterocycles. The van der Waals surface area contributed by atoms with Crippen LogP contribution in [0.1, 0.15) is 80.8 Å². The van der Waals surface area contributed by atoms with Crippen molar-refractivity contribution in [3.05, 3.63) is 35.9 Å². The standard InChI is InChI=1S/C25H40N2O6/c1-16(31-23(2,3)4)18(21(29)32-24(5,6)7)26-20(28)19(17-14-12-11-13-15-17)27-22(30)33-25(8,9)10/h11-16,18-19H,1-10H3,(H,26,28)(H,27,30)/t16?,18-,19-/m0/s1. The topological polar surface area (TPSA) is 103 Å². The number of hydrogen-bond acceptors (Lipinski definition) is 6. The van der Waals surface area contributed by atoms with E-state index in [1.165, 1.54) is 0 Å². The molecule has 0 spiro atoms. The van der Waals surface area contributed by atoms with E-state index in [9.17, 15) is 14.4 Å². The van der Waals surface area contributed by atoms with Crippen LogP contribution >= 0.6 is 0 Å². The van der Waals surface area contributed by atoms with Crippen LogP contribution < -0.4 is 10.6 Å². The minimum atomic E-state index is -1.09. The summed E-state index contributed by atoms with van der Waals surface area (Å²) in [7, 11) is 0. The first-order chi connectivity index (χ1) is 14.9. The Morgan fingerprint density at radius 3 is 1.73 bits per heavy atom. The third-order valence-electron chi connectivity index (χ3n) is 4.02. The van der Waals surface area contributed by atoms with Gasteiger partial charge in [0, 0.05) is 0 Å². The van der Waals surface area contributed by atoms with Crippen LogP contribution in [-0.2, 0) is 23.8 Å². The average Bonchev–Trinajstić information content (AvgIpc) is 2.60. The quantitative estimate of drug-likeness (QED) is 0.584. The Morgan fingerprint density at radius 2 is 1.27 bits per heavy atom. The van der Waals surface area contributed by atoms with Gasteiger partial charge in [-0.05, 0) is 74.8 Å². The van der Waals surface area contributed by atoms with Gasteiger partial charge in [0.15, 0.2) is 6.04 Å². The van der Waals surface area contributed by atoms with Crippen LogP contribution in [0.2, 0.25) is 0 Å². The maximum absolute atomic E-state index is 13.4. The molecule has 0 saturated carbocycles. The van der Waals surface area contributed by atoms with Crippen molar-refractivity contribution in [2.75, 3.05) is 0 Å². The fourth-order valence-electron chi connectivity index (χ4n) is 2.97. The molecule has 8 nitrogen and oxygen atoms in total. The molecule has 2 amide bonds. The van der Waals surface area contributed by atoms with Crippen LogP contribution in [0.4, 0.5) is 4.79 Å². The van der Waals surface area contributed by atoms with Crippen LogP contribution in [0.3, 0.4) is 0 Å². The molecule has 1 rings (SSSR count). The summed E-state index contributed by atoms with van der Waals surface area (Å²) in [5.74, 6) is -1.22. The van der Waals surface area contributed by atoms with E-state index >= 15 is 0 Å². The molecule has 1 aromatic rings. The number of ether oxygens (including phenoxy) is 3. The lowest BCUT2D eigenvalue weighted by Crippen LogP contribution is -2.55. The Labute approximate surface area is 197 Å². The minimum absolute atomic E-state index is 0.535. The second kappa shape index (κ2) is 11.0. The molecule has 2 N–H and O–H groups in total. The maximum atomic E-state index is 13.4. The van der Waals surface area contributed by atoms with Crippen LogP contribution in [0.5, 0.6) is 0 Å². The molecule has 0 saturated heterocycles. The fraction of sp³-hybridized carbons (Fsp3) is 0.640. The van der Waals surface area contributed by atoms with E-state index in [-0.39, 0.29) is 0 Å². The highest BCUT2D eigenvalue weighted by molar-refractivity contribution is 5.91. The normalized spacial score (nSPS) is 15.1. The predicted octanol–water partition coefficient (Wildman–Crippen LogP) is 4.28. The monoisotopic (exact) mass is 464 g/mol. The van der Waals surface area contributed by atoms with Crippen molar-refractivity contribution in [3.8, 4) is 0 Å². The van der Waals surface area contributed by atoms with Gasteiger partial charge < -0.3 is 24.8 Å². The van der Waals surface area contributed by atoms with Crippen molar-refractivity contribution in [1.29, 1.82) is 0 Å². The average molecular weight is 465 g/mol. The Morgan fingerprint density at radius 1 is 0.758 bits per heavy atom. The summed E-state index contributed by atoms with van der Waals surface area (Å²) in [6.45, 7) is 17.7. The second-order valence-electron chi connectivity index (χ2n) is 10.9. The molecule has 0 aliphatic rings. The van der Waals surface area contributed by atoms with Gasteiger partial charge in [0.1, 0.15) is 17.2 Å². The van der Waals surface area contributed by atoms with Gasteiger partial charge in [-0.1, -0.05) is 30.3 Å². The van der Waals surface area contributed by atoms with Gasteiger partial charge in [0.25, 0.3) is 0 Å². The van der Waals surface area contributed by atoms with Gasteiger partial charge in [-0.15, -0.1) is 0 Å². The molecule has 3 atom stereocenters. The Kier molecular flexibility index (Phi) is 9.48. The van der Waals surface area contributed by atoms with E-state index in [0.717, 1.165) is 0 Å². The van der Waals surface area contributed by atoms with Gasteiger partial charge in [0.05, 0.1) is 11.7 Å². The number of alkyl carbamates (subject to hydrolysis) is 1. The van der Waals surface area contributed by atoms with Crippen LogP contribution in [-0.4, -0.2) is 46.9 Å². The number of amides is 2. The number of nitrogens with one attached hydrogen (secondary N) is 2. The van der Waals surface area contributed by atoms with Gasteiger partial charge in [-0.25, -0.2) is 9.59 Å². The molecule has 0 bridgehead atoms. The predicted molar refractivity (Wildman–Crippen MR) is 127 cm³/mol. The SMILES string of the molecule is CC(OC(C)(C)C)[C@H](NC(=O)[C@@H](NC(=O)OC(C)(C)C)c1ccccc1)C(=O)OC(C)(C)C. The lowest BCUT2D eigenvalue weighted by molar-refractivity contribution is -0.166. The van der Waals surface area contributed by atoms with Gasteiger partial charge in [0.2, 0.25) is 5.91 Å². The van der Waals surface area contributed by atoms with E-state index in [2.05, 4.69) is 10.6 Å². The summed E-state index contributed by atoms with van der Waals surface area (Å²) in [6, 6.07) is 6.54. The van der Waals surface area contributed by atoms with E-state index in [4.69, 9.17) is 14.2 Å². The summed E-state index contributed by atoms with van der Waals surface area (Å²) >= 11 is 0. The first-order valence-corrected chi connectivity index (χ1v) is 11.1.